The molecule has 0 aliphatic carbocycles. The van der Waals surface area contributed by atoms with Gasteiger partial charge in [-0.1, -0.05) is 73.3 Å². The molecule has 0 atom stereocenters. The molecule has 0 unspecified atom stereocenters. The van der Waals surface area contributed by atoms with Gasteiger partial charge in [-0.3, -0.25) is 4.99 Å². The summed E-state index contributed by atoms with van der Waals surface area (Å²) in [4.78, 5) is 6.94. The van der Waals surface area contributed by atoms with Gasteiger partial charge < -0.3 is 15.5 Å². The first-order chi connectivity index (χ1) is 15.8. The molecule has 0 amide bonds. The minimum Gasteiger partial charge on any atom is -0.380 e. The van der Waals surface area contributed by atoms with Crippen molar-refractivity contribution >= 4 is 29.0 Å². The topological polar surface area (TPSA) is 39.7 Å². The van der Waals surface area contributed by atoms with Gasteiger partial charge in [0.05, 0.1) is 22.1 Å². The summed E-state index contributed by atoms with van der Waals surface area (Å²) in [6, 6.07) is 6.65. The zero-order valence-electron chi connectivity index (χ0n) is 21.9. The quantitative estimate of drug-likeness (QED) is 0.286. The Bertz CT molecular complexity index is 810. The average molecular weight is 471 g/mol. The molecule has 2 N–H and O–H groups in total. The second kappa shape index (κ2) is 15.7. The molecule has 1 aromatic rings. The van der Waals surface area contributed by atoms with Gasteiger partial charge in [-0.2, -0.15) is 0 Å². The number of thioether (sulfide) groups is 1. The number of hydrogen-bond acceptors (Lipinski definition) is 4. The third kappa shape index (κ3) is 9.71. The van der Waals surface area contributed by atoms with E-state index in [1.54, 1.807) is 11.8 Å². The molecule has 0 radical (unpaired) electrons. The molecule has 0 saturated heterocycles. The lowest BCUT2D eigenvalue weighted by molar-refractivity contribution is 0.700. The average Bonchev–Trinajstić information content (AvgIpc) is 2.77. The highest BCUT2D eigenvalue weighted by Gasteiger charge is 2.25. The van der Waals surface area contributed by atoms with Gasteiger partial charge in [0.15, 0.2) is 0 Å². The van der Waals surface area contributed by atoms with Crippen molar-refractivity contribution in [2.75, 3.05) is 23.3 Å². The van der Waals surface area contributed by atoms with Crippen LogP contribution in [0.15, 0.2) is 59.4 Å². The highest BCUT2D eigenvalue weighted by molar-refractivity contribution is 8.03. The Balaban J connectivity index is 0.00000265. The fraction of sp³-hybridized carbons (Fsp3) is 0.536. The normalized spacial score (nSPS) is 13.8. The number of allylic oxidation sites excluding steroid dienone is 1. The smallest absolute Gasteiger partial charge is 0.149 e. The predicted molar refractivity (Wildman–Crippen MR) is 152 cm³/mol. The zero-order chi connectivity index (χ0) is 24.8. The third-order valence-corrected chi connectivity index (χ3v) is 6.00. The summed E-state index contributed by atoms with van der Waals surface area (Å²) in [5.41, 5.74) is 5.36. The first kappa shape index (κ1) is 28.9. The van der Waals surface area contributed by atoms with Crippen molar-refractivity contribution in [3.05, 3.63) is 59.9 Å². The summed E-state index contributed by atoms with van der Waals surface area (Å²) >= 11 is 1.78. The minimum absolute atomic E-state index is 0.557. The van der Waals surface area contributed by atoms with Gasteiger partial charge in [0.2, 0.25) is 0 Å². The van der Waals surface area contributed by atoms with Gasteiger partial charge in [0, 0.05) is 24.0 Å². The number of nitrogens with zero attached hydrogens (tertiary/aromatic N) is 2. The maximum Gasteiger partial charge on any atom is 0.149 e. The van der Waals surface area contributed by atoms with E-state index >= 15 is 0 Å². The Hall–Kier alpha value is -2.14. The lowest BCUT2D eigenvalue weighted by Gasteiger charge is -2.35. The van der Waals surface area contributed by atoms with Crippen LogP contribution in [0.1, 0.15) is 79.2 Å². The van der Waals surface area contributed by atoms with Crippen LogP contribution < -0.4 is 15.5 Å². The largest absolute Gasteiger partial charge is 0.380 e. The molecule has 5 heteroatoms. The highest BCUT2D eigenvalue weighted by atomic mass is 32.2. The van der Waals surface area contributed by atoms with E-state index in [0.717, 1.165) is 66.0 Å². The molecule has 1 aliphatic heterocycles. The SMILES string of the molecule is C=C(NCCCCN=C1Nc2cc(CCCCC)ccc2N(C(=C)C)C1=C)SC(C)C.CC. The van der Waals surface area contributed by atoms with Crippen LogP contribution in [-0.4, -0.2) is 24.2 Å². The van der Waals surface area contributed by atoms with Crippen LogP contribution in [0.4, 0.5) is 11.4 Å². The molecule has 0 spiro atoms. The summed E-state index contributed by atoms with van der Waals surface area (Å²) in [7, 11) is 0. The number of rotatable bonds is 13. The Kier molecular flexibility index (Phi) is 13.7. The number of amidine groups is 1. The van der Waals surface area contributed by atoms with Crippen LogP contribution in [-0.2, 0) is 6.42 Å². The summed E-state index contributed by atoms with van der Waals surface area (Å²) in [5.74, 6) is 0.842. The van der Waals surface area contributed by atoms with Gasteiger partial charge in [0.1, 0.15) is 5.84 Å². The van der Waals surface area contributed by atoms with Crippen molar-refractivity contribution < 1.29 is 0 Å². The number of hydrogen-bond donors (Lipinski definition) is 2. The van der Waals surface area contributed by atoms with Gasteiger partial charge in [-0.05, 0) is 50.3 Å². The number of fused-ring (bicyclic) bond motifs is 1. The second-order valence-corrected chi connectivity index (χ2v) is 10.1. The Morgan fingerprint density at radius 1 is 1.15 bits per heavy atom. The van der Waals surface area contributed by atoms with E-state index in [2.05, 4.69) is 74.2 Å². The van der Waals surface area contributed by atoms with E-state index in [9.17, 15) is 0 Å². The molecule has 0 fully saturated rings. The van der Waals surface area contributed by atoms with Crippen LogP contribution in [0.25, 0.3) is 0 Å². The van der Waals surface area contributed by atoms with Gasteiger partial charge in [-0.25, -0.2) is 0 Å². The lowest BCUT2D eigenvalue weighted by Crippen LogP contribution is -2.34. The van der Waals surface area contributed by atoms with Crippen LogP contribution in [0.5, 0.6) is 0 Å². The first-order valence-electron chi connectivity index (χ1n) is 12.5. The second-order valence-electron chi connectivity index (χ2n) is 8.40. The summed E-state index contributed by atoms with van der Waals surface area (Å²) < 4.78 is 0. The Morgan fingerprint density at radius 2 is 1.88 bits per heavy atom. The van der Waals surface area contributed by atoms with Gasteiger partial charge in [0.25, 0.3) is 0 Å². The standard InChI is InChI=1S/C26H40N4S.C2H6/c1-8-9-10-13-23-14-15-25-24(18-23)29-26(21(6)30(25)19(2)3)28-17-12-11-16-27-22(7)31-20(4)5;1-2/h14-15,18,20,27H,2,6-13,16-17H2,1,3-5H3,(H,28,29);1-2H3. The Labute approximate surface area is 207 Å². The van der Waals surface area contributed by atoms with E-state index in [-0.39, 0.29) is 0 Å². The van der Waals surface area contributed by atoms with Crippen molar-refractivity contribution in [3.8, 4) is 0 Å². The van der Waals surface area contributed by atoms with Gasteiger partial charge >= 0.3 is 0 Å². The Morgan fingerprint density at radius 3 is 2.52 bits per heavy atom. The van der Waals surface area contributed by atoms with E-state index in [1.807, 2.05) is 20.8 Å². The maximum atomic E-state index is 4.83. The first-order valence-corrected chi connectivity index (χ1v) is 13.4. The fourth-order valence-electron chi connectivity index (χ4n) is 3.61. The van der Waals surface area contributed by atoms with Crippen molar-refractivity contribution in [2.45, 2.75) is 85.3 Å². The number of aliphatic imine (C=N–C) groups is 1. The maximum absolute atomic E-state index is 4.83. The van der Waals surface area contributed by atoms with Crippen molar-refractivity contribution in [1.82, 2.24) is 5.32 Å². The van der Waals surface area contributed by atoms with Crippen LogP contribution >= 0.6 is 11.8 Å². The summed E-state index contributed by atoms with van der Waals surface area (Å²) in [6.45, 7) is 26.8. The summed E-state index contributed by atoms with van der Waals surface area (Å²) in [5, 5.41) is 8.52. The fourth-order valence-corrected chi connectivity index (χ4v) is 4.37. The number of unbranched alkanes of at least 4 members (excludes halogenated alkanes) is 3. The van der Waals surface area contributed by atoms with Gasteiger partial charge in [-0.15, -0.1) is 11.8 Å². The van der Waals surface area contributed by atoms with E-state index in [0.29, 0.717) is 5.25 Å². The molecule has 0 bridgehead atoms. The van der Waals surface area contributed by atoms with Crippen LogP contribution in [0, 0.1) is 0 Å². The molecular weight excluding hydrogens is 424 g/mol. The molecule has 1 aliphatic rings. The number of nitrogens with one attached hydrogen (secondary N) is 2. The molecule has 0 aromatic heterocycles. The molecule has 4 nitrogen and oxygen atoms in total. The molecule has 2 rings (SSSR count). The molecule has 33 heavy (non-hydrogen) atoms. The van der Waals surface area contributed by atoms with Crippen molar-refractivity contribution in [3.63, 3.8) is 0 Å². The zero-order valence-corrected chi connectivity index (χ0v) is 22.7. The van der Waals surface area contributed by atoms with Crippen molar-refractivity contribution in [2.24, 2.45) is 4.99 Å². The van der Waals surface area contributed by atoms with Crippen LogP contribution in [0.2, 0.25) is 0 Å². The van der Waals surface area contributed by atoms with Crippen molar-refractivity contribution in [1.29, 1.82) is 0 Å². The van der Waals surface area contributed by atoms with E-state index < -0.39 is 0 Å². The van der Waals surface area contributed by atoms with Crippen LogP contribution in [0.3, 0.4) is 0 Å². The molecule has 1 aromatic carbocycles. The number of benzene rings is 1. The molecule has 184 valence electrons. The van der Waals surface area contributed by atoms with E-state index in [1.165, 1.54) is 24.8 Å². The minimum atomic E-state index is 0.557. The number of anilines is 2. The third-order valence-electron chi connectivity index (χ3n) is 5.10. The monoisotopic (exact) mass is 470 g/mol. The molecular formula is C28H46N4S. The lowest BCUT2D eigenvalue weighted by atomic mass is 10.0. The highest BCUT2D eigenvalue weighted by Crippen LogP contribution is 2.36. The number of aryl methyl sites for hydroxylation is 1. The van der Waals surface area contributed by atoms with E-state index in [4.69, 9.17) is 4.99 Å². The predicted octanol–water partition coefficient (Wildman–Crippen LogP) is 8.11. The summed E-state index contributed by atoms with van der Waals surface area (Å²) in [6.07, 6.45) is 6.92. The molecule has 1 heterocycles. The molecule has 0 saturated carbocycles.